The van der Waals surface area contributed by atoms with Gasteiger partial charge in [0.1, 0.15) is 0 Å². The zero-order valence-corrected chi connectivity index (χ0v) is 12.2. The van der Waals surface area contributed by atoms with Crippen LogP contribution < -0.4 is 0 Å². The summed E-state index contributed by atoms with van der Waals surface area (Å²) in [4.78, 5) is 0. The standard InChI is InChI=1S/C19H24/c1-3-4-5-6-12-17-13-8-10-15-19(17)18-14-9-7-11-16(18)2/h7-11,13-15H,3-6,12H2,1-2H3. The van der Waals surface area contributed by atoms with E-state index in [9.17, 15) is 0 Å². The molecule has 0 nitrogen and oxygen atoms in total. The van der Waals surface area contributed by atoms with Gasteiger partial charge in [-0.2, -0.15) is 0 Å². The molecule has 19 heavy (non-hydrogen) atoms. The Balaban J connectivity index is 2.19. The van der Waals surface area contributed by atoms with Gasteiger partial charge >= 0.3 is 0 Å². The summed E-state index contributed by atoms with van der Waals surface area (Å²) in [5.41, 5.74) is 5.65. The molecule has 0 fully saturated rings. The first kappa shape index (κ1) is 13.9. The monoisotopic (exact) mass is 252 g/mol. The zero-order chi connectivity index (χ0) is 13.5. The maximum atomic E-state index is 2.29. The minimum Gasteiger partial charge on any atom is -0.0654 e. The van der Waals surface area contributed by atoms with Gasteiger partial charge < -0.3 is 0 Å². The van der Waals surface area contributed by atoms with Crippen molar-refractivity contribution in [1.82, 2.24) is 0 Å². The van der Waals surface area contributed by atoms with Crippen LogP contribution in [-0.4, -0.2) is 0 Å². The van der Waals surface area contributed by atoms with E-state index in [1.165, 1.54) is 54.4 Å². The van der Waals surface area contributed by atoms with Crippen molar-refractivity contribution in [2.24, 2.45) is 0 Å². The highest BCUT2D eigenvalue weighted by Gasteiger charge is 2.06. The molecule has 0 heteroatoms. The number of unbranched alkanes of at least 4 members (excludes halogenated alkanes) is 3. The lowest BCUT2D eigenvalue weighted by Gasteiger charge is -2.12. The van der Waals surface area contributed by atoms with E-state index in [-0.39, 0.29) is 0 Å². The molecule has 0 N–H and O–H groups in total. The van der Waals surface area contributed by atoms with E-state index in [1.54, 1.807) is 0 Å². The van der Waals surface area contributed by atoms with Crippen molar-refractivity contribution in [3.63, 3.8) is 0 Å². The number of rotatable bonds is 6. The van der Waals surface area contributed by atoms with Crippen LogP contribution >= 0.6 is 0 Å². The fourth-order valence-corrected chi connectivity index (χ4v) is 2.62. The quantitative estimate of drug-likeness (QED) is 0.571. The number of hydrogen-bond donors (Lipinski definition) is 0. The summed E-state index contributed by atoms with van der Waals surface area (Å²) >= 11 is 0. The molecule has 0 radical (unpaired) electrons. The molecule has 0 aliphatic rings. The van der Waals surface area contributed by atoms with Gasteiger partial charge in [-0.05, 0) is 42.0 Å². The summed E-state index contributed by atoms with van der Waals surface area (Å²) < 4.78 is 0. The normalized spacial score (nSPS) is 10.6. The predicted octanol–water partition coefficient (Wildman–Crippen LogP) is 5.78. The first-order chi connectivity index (χ1) is 9.33. The van der Waals surface area contributed by atoms with E-state index in [2.05, 4.69) is 62.4 Å². The fourth-order valence-electron chi connectivity index (χ4n) is 2.62. The Bertz CT molecular complexity index is 511. The molecule has 0 spiro atoms. The van der Waals surface area contributed by atoms with Crippen LogP contribution in [-0.2, 0) is 6.42 Å². The summed E-state index contributed by atoms with van der Waals surface area (Å²) in [5.74, 6) is 0. The van der Waals surface area contributed by atoms with E-state index in [4.69, 9.17) is 0 Å². The Morgan fingerprint density at radius 1 is 0.737 bits per heavy atom. The van der Waals surface area contributed by atoms with Crippen molar-refractivity contribution >= 4 is 0 Å². The first-order valence-electron chi connectivity index (χ1n) is 7.47. The Hall–Kier alpha value is -1.56. The van der Waals surface area contributed by atoms with Crippen LogP contribution in [0.3, 0.4) is 0 Å². The molecule has 0 amide bonds. The lowest BCUT2D eigenvalue weighted by atomic mass is 9.93. The molecular formula is C19H24. The van der Waals surface area contributed by atoms with Gasteiger partial charge in [-0.3, -0.25) is 0 Å². The van der Waals surface area contributed by atoms with Crippen LogP contribution in [0.5, 0.6) is 0 Å². The number of benzene rings is 2. The average Bonchev–Trinajstić information content (AvgIpc) is 2.45. The molecular weight excluding hydrogens is 228 g/mol. The SMILES string of the molecule is CCCCCCc1ccccc1-c1ccccc1C. The van der Waals surface area contributed by atoms with Crippen molar-refractivity contribution in [3.05, 3.63) is 59.7 Å². The molecule has 0 saturated carbocycles. The maximum absolute atomic E-state index is 2.29. The van der Waals surface area contributed by atoms with Gasteiger partial charge in [0.2, 0.25) is 0 Å². The highest BCUT2D eigenvalue weighted by atomic mass is 14.1. The minimum absolute atomic E-state index is 1.20. The predicted molar refractivity (Wildman–Crippen MR) is 84.5 cm³/mol. The molecule has 2 aromatic carbocycles. The minimum atomic E-state index is 1.20. The van der Waals surface area contributed by atoms with Gasteiger partial charge in [0.25, 0.3) is 0 Å². The third-order valence-corrected chi connectivity index (χ3v) is 3.75. The maximum Gasteiger partial charge on any atom is -0.0149 e. The smallest absolute Gasteiger partial charge is 0.0149 e. The van der Waals surface area contributed by atoms with Crippen LogP contribution in [0.1, 0.15) is 43.7 Å². The molecule has 0 unspecified atom stereocenters. The lowest BCUT2D eigenvalue weighted by Crippen LogP contribution is -1.92. The summed E-state index contributed by atoms with van der Waals surface area (Å²) in [6, 6.07) is 17.5. The van der Waals surface area contributed by atoms with Crippen molar-refractivity contribution in [2.75, 3.05) is 0 Å². The number of hydrogen-bond acceptors (Lipinski definition) is 0. The zero-order valence-electron chi connectivity index (χ0n) is 12.2. The van der Waals surface area contributed by atoms with Crippen LogP contribution in [0.2, 0.25) is 0 Å². The summed E-state index contributed by atoms with van der Waals surface area (Å²) in [5, 5.41) is 0. The van der Waals surface area contributed by atoms with E-state index in [0.717, 1.165) is 0 Å². The molecule has 0 atom stereocenters. The van der Waals surface area contributed by atoms with Crippen LogP contribution in [0.25, 0.3) is 11.1 Å². The van der Waals surface area contributed by atoms with Gasteiger partial charge in [-0.1, -0.05) is 74.7 Å². The van der Waals surface area contributed by atoms with Gasteiger partial charge in [-0.15, -0.1) is 0 Å². The molecule has 0 aliphatic heterocycles. The molecule has 0 heterocycles. The third kappa shape index (κ3) is 3.70. The molecule has 2 aromatic rings. The second-order valence-electron chi connectivity index (χ2n) is 5.28. The highest BCUT2D eigenvalue weighted by molar-refractivity contribution is 5.70. The summed E-state index contributed by atoms with van der Waals surface area (Å²) in [6.07, 6.45) is 6.51. The van der Waals surface area contributed by atoms with Gasteiger partial charge in [0.15, 0.2) is 0 Å². The topological polar surface area (TPSA) is 0 Å². The molecule has 2 rings (SSSR count). The summed E-state index contributed by atoms with van der Waals surface area (Å²) in [7, 11) is 0. The molecule has 0 saturated heterocycles. The highest BCUT2D eigenvalue weighted by Crippen LogP contribution is 2.27. The van der Waals surface area contributed by atoms with Crippen LogP contribution in [0.15, 0.2) is 48.5 Å². The second kappa shape index (κ2) is 7.13. The second-order valence-corrected chi connectivity index (χ2v) is 5.28. The van der Waals surface area contributed by atoms with E-state index in [1.807, 2.05) is 0 Å². The van der Waals surface area contributed by atoms with Crippen LogP contribution in [0, 0.1) is 6.92 Å². The van der Waals surface area contributed by atoms with Crippen molar-refractivity contribution < 1.29 is 0 Å². The van der Waals surface area contributed by atoms with Gasteiger partial charge in [0, 0.05) is 0 Å². The Kier molecular flexibility index (Phi) is 5.20. The molecule has 100 valence electrons. The number of aryl methyl sites for hydroxylation is 2. The third-order valence-electron chi connectivity index (χ3n) is 3.75. The Labute approximate surface area is 117 Å². The van der Waals surface area contributed by atoms with E-state index in [0.29, 0.717) is 0 Å². The fraction of sp³-hybridized carbons (Fsp3) is 0.368. The molecule has 0 aliphatic carbocycles. The van der Waals surface area contributed by atoms with Gasteiger partial charge in [-0.25, -0.2) is 0 Å². The van der Waals surface area contributed by atoms with Gasteiger partial charge in [0.05, 0.1) is 0 Å². The largest absolute Gasteiger partial charge is 0.0654 e. The van der Waals surface area contributed by atoms with Crippen LogP contribution in [0.4, 0.5) is 0 Å². The lowest BCUT2D eigenvalue weighted by molar-refractivity contribution is 0.667. The molecule has 0 bridgehead atoms. The average molecular weight is 252 g/mol. The summed E-state index contributed by atoms with van der Waals surface area (Å²) in [6.45, 7) is 4.46. The van der Waals surface area contributed by atoms with Crippen molar-refractivity contribution in [1.29, 1.82) is 0 Å². The van der Waals surface area contributed by atoms with Crippen molar-refractivity contribution in [3.8, 4) is 11.1 Å². The Morgan fingerprint density at radius 2 is 1.42 bits per heavy atom. The van der Waals surface area contributed by atoms with Crippen molar-refractivity contribution in [2.45, 2.75) is 46.0 Å². The first-order valence-corrected chi connectivity index (χ1v) is 7.47. The molecule has 0 aromatic heterocycles. The van der Waals surface area contributed by atoms with E-state index < -0.39 is 0 Å². The van der Waals surface area contributed by atoms with E-state index >= 15 is 0 Å². The Morgan fingerprint density at radius 3 is 2.16 bits per heavy atom.